The molecule has 0 fully saturated rings. The molecule has 0 amide bonds. The van der Waals surface area contributed by atoms with E-state index in [2.05, 4.69) is 5.32 Å². The maximum atomic E-state index is 12.4. The fraction of sp³-hybridized carbons (Fsp3) is 0.474. The van der Waals surface area contributed by atoms with Crippen LogP contribution in [0.5, 0.6) is 0 Å². The van der Waals surface area contributed by atoms with Gasteiger partial charge in [0.15, 0.2) is 5.78 Å². The third kappa shape index (κ3) is 5.64. The van der Waals surface area contributed by atoms with E-state index < -0.39 is 6.04 Å². The van der Waals surface area contributed by atoms with E-state index in [0.29, 0.717) is 13.2 Å². The summed E-state index contributed by atoms with van der Waals surface area (Å²) in [5.41, 5.74) is 1.94. The number of esters is 1. The topological polar surface area (TPSA) is 55.4 Å². The number of rotatable bonds is 8. The first-order valence-corrected chi connectivity index (χ1v) is 8.37. The zero-order valence-electron chi connectivity index (χ0n) is 13.7. The van der Waals surface area contributed by atoms with Gasteiger partial charge in [-0.2, -0.15) is 0 Å². The predicted octanol–water partition coefficient (Wildman–Crippen LogP) is 3.17. The van der Waals surface area contributed by atoms with Gasteiger partial charge in [0, 0.05) is 13.0 Å². The highest BCUT2D eigenvalue weighted by Gasteiger charge is 2.24. The van der Waals surface area contributed by atoms with Crippen molar-refractivity contribution < 1.29 is 14.3 Å². The van der Waals surface area contributed by atoms with Gasteiger partial charge < -0.3 is 4.74 Å². The van der Waals surface area contributed by atoms with Crippen molar-refractivity contribution in [1.29, 1.82) is 0 Å². The fourth-order valence-corrected chi connectivity index (χ4v) is 2.73. The van der Waals surface area contributed by atoms with E-state index in [1.54, 1.807) is 6.92 Å². The number of hydrogen-bond donors (Lipinski definition) is 1. The lowest BCUT2D eigenvalue weighted by atomic mass is 9.93. The van der Waals surface area contributed by atoms with Crippen molar-refractivity contribution in [1.82, 2.24) is 5.32 Å². The van der Waals surface area contributed by atoms with Crippen LogP contribution in [0.25, 0.3) is 0 Å². The van der Waals surface area contributed by atoms with Crippen LogP contribution in [0.4, 0.5) is 0 Å². The van der Waals surface area contributed by atoms with Crippen molar-refractivity contribution >= 4 is 11.8 Å². The molecule has 0 spiro atoms. The van der Waals surface area contributed by atoms with Crippen LogP contribution in [0, 0.1) is 0 Å². The van der Waals surface area contributed by atoms with Gasteiger partial charge in [0.2, 0.25) is 0 Å². The average molecular weight is 315 g/mol. The van der Waals surface area contributed by atoms with Crippen molar-refractivity contribution in [2.45, 2.75) is 51.6 Å². The minimum Gasteiger partial charge on any atom is -0.465 e. The van der Waals surface area contributed by atoms with Crippen LogP contribution in [-0.4, -0.2) is 24.4 Å². The van der Waals surface area contributed by atoms with Crippen molar-refractivity contribution in [3.63, 3.8) is 0 Å². The molecule has 23 heavy (non-hydrogen) atoms. The molecule has 4 heteroatoms. The van der Waals surface area contributed by atoms with E-state index in [-0.39, 0.29) is 18.2 Å². The molecule has 1 unspecified atom stereocenters. The zero-order valence-corrected chi connectivity index (χ0v) is 13.7. The lowest BCUT2D eigenvalue weighted by Crippen LogP contribution is -2.39. The monoisotopic (exact) mass is 315 g/mol. The van der Waals surface area contributed by atoms with Gasteiger partial charge in [-0.3, -0.25) is 14.9 Å². The Hall–Kier alpha value is -1.94. The molecule has 0 heterocycles. The maximum absolute atomic E-state index is 12.4. The van der Waals surface area contributed by atoms with Crippen LogP contribution in [0.1, 0.15) is 44.6 Å². The summed E-state index contributed by atoms with van der Waals surface area (Å²) in [6.45, 7) is 2.63. The number of allylic oxidation sites excluding steroid dienone is 2. The SMILES string of the molecule is CCOC(=O)C(CC(=O)C1=CCCCC1)NCc1ccccc1. The normalized spacial score (nSPS) is 15.6. The van der Waals surface area contributed by atoms with Crippen molar-refractivity contribution in [2.24, 2.45) is 0 Å². The first-order valence-electron chi connectivity index (χ1n) is 8.37. The van der Waals surface area contributed by atoms with Crippen LogP contribution >= 0.6 is 0 Å². The van der Waals surface area contributed by atoms with Gasteiger partial charge >= 0.3 is 5.97 Å². The zero-order chi connectivity index (χ0) is 16.5. The molecule has 1 aliphatic carbocycles. The number of carbonyl (C=O) groups is 2. The fourth-order valence-electron chi connectivity index (χ4n) is 2.73. The first kappa shape index (κ1) is 17.4. The second kappa shape index (κ2) is 9.26. The van der Waals surface area contributed by atoms with Crippen LogP contribution in [-0.2, 0) is 20.9 Å². The highest BCUT2D eigenvalue weighted by molar-refractivity contribution is 5.98. The summed E-state index contributed by atoms with van der Waals surface area (Å²) in [6.07, 6.45) is 6.17. The smallest absolute Gasteiger partial charge is 0.323 e. The van der Waals surface area contributed by atoms with E-state index in [1.165, 1.54) is 0 Å². The van der Waals surface area contributed by atoms with E-state index in [4.69, 9.17) is 4.74 Å². The van der Waals surface area contributed by atoms with Crippen molar-refractivity contribution in [2.75, 3.05) is 6.61 Å². The first-order chi connectivity index (χ1) is 11.2. The van der Waals surface area contributed by atoms with E-state index in [9.17, 15) is 9.59 Å². The third-order valence-corrected chi connectivity index (χ3v) is 4.01. The van der Waals surface area contributed by atoms with Gasteiger partial charge in [0.25, 0.3) is 0 Å². The van der Waals surface area contributed by atoms with Gasteiger partial charge in [-0.25, -0.2) is 0 Å². The standard InChI is InChI=1S/C19H25NO3/c1-2-23-19(22)17(20-14-15-9-5-3-6-10-15)13-18(21)16-11-7-4-8-12-16/h3,5-6,9-11,17,20H,2,4,7-8,12-14H2,1H3. The van der Waals surface area contributed by atoms with Gasteiger partial charge in [0.05, 0.1) is 6.61 Å². The predicted molar refractivity (Wildman–Crippen MR) is 89.9 cm³/mol. The molecular formula is C19H25NO3. The third-order valence-electron chi connectivity index (χ3n) is 4.01. The molecule has 0 saturated heterocycles. The molecule has 1 N–H and O–H groups in total. The number of nitrogens with one attached hydrogen (secondary N) is 1. The molecule has 0 aromatic heterocycles. The summed E-state index contributed by atoms with van der Waals surface area (Å²) < 4.78 is 5.11. The number of benzene rings is 1. The molecule has 124 valence electrons. The largest absolute Gasteiger partial charge is 0.465 e. The van der Waals surface area contributed by atoms with Crippen molar-refractivity contribution in [3.8, 4) is 0 Å². The number of Topliss-reactive ketones (excluding diaryl/α,β-unsaturated/α-hetero) is 1. The van der Waals surface area contributed by atoms with Gasteiger partial charge in [-0.15, -0.1) is 0 Å². The molecule has 0 aliphatic heterocycles. The Kier molecular flexibility index (Phi) is 7.01. The summed E-state index contributed by atoms with van der Waals surface area (Å²) in [7, 11) is 0. The Morgan fingerprint density at radius 3 is 2.65 bits per heavy atom. The summed E-state index contributed by atoms with van der Waals surface area (Å²) in [5.74, 6) is -0.295. The van der Waals surface area contributed by atoms with E-state index >= 15 is 0 Å². The van der Waals surface area contributed by atoms with Crippen LogP contribution in [0.15, 0.2) is 42.0 Å². The van der Waals surface area contributed by atoms with Gasteiger partial charge in [-0.05, 0) is 43.7 Å². The summed E-state index contributed by atoms with van der Waals surface area (Å²) >= 11 is 0. The van der Waals surface area contributed by atoms with E-state index in [0.717, 1.165) is 36.8 Å². The Morgan fingerprint density at radius 2 is 2.00 bits per heavy atom. The lowest BCUT2D eigenvalue weighted by Gasteiger charge is -2.18. The molecule has 1 aromatic carbocycles. The highest BCUT2D eigenvalue weighted by atomic mass is 16.5. The molecule has 0 saturated carbocycles. The highest BCUT2D eigenvalue weighted by Crippen LogP contribution is 2.20. The van der Waals surface area contributed by atoms with Crippen LogP contribution < -0.4 is 5.32 Å². The maximum Gasteiger partial charge on any atom is 0.323 e. The molecule has 0 radical (unpaired) electrons. The summed E-state index contributed by atoms with van der Waals surface area (Å²) in [4.78, 5) is 24.5. The van der Waals surface area contributed by atoms with Gasteiger partial charge in [0.1, 0.15) is 6.04 Å². The minimum atomic E-state index is -0.592. The Morgan fingerprint density at radius 1 is 1.22 bits per heavy atom. The average Bonchev–Trinajstić information content (AvgIpc) is 2.60. The molecule has 4 nitrogen and oxygen atoms in total. The van der Waals surface area contributed by atoms with Crippen LogP contribution in [0.3, 0.4) is 0 Å². The lowest BCUT2D eigenvalue weighted by molar-refractivity contribution is -0.146. The van der Waals surface area contributed by atoms with Crippen molar-refractivity contribution in [3.05, 3.63) is 47.5 Å². The number of ether oxygens (including phenoxy) is 1. The quantitative estimate of drug-likeness (QED) is 0.749. The van der Waals surface area contributed by atoms with E-state index in [1.807, 2.05) is 36.4 Å². The summed E-state index contributed by atoms with van der Waals surface area (Å²) in [6, 6.07) is 9.24. The second-order valence-electron chi connectivity index (χ2n) is 5.77. The summed E-state index contributed by atoms with van der Waals surface area (Å²) in [5, 5.41) is 3.17. The molecule has 0 bridgehead atoms. The Bertz CT molecular complexity index is 551. The Labute approximate surface area is 137 Å². The molecular weight excluding hydrogens is 290 g/mol. The number of carbonyl (C=O) groups excluding carboxylic acids is 2. The molecule has 1 aromatic rings. The Balaban J connectivity index is 1.97. The molecule has 1 atom stereocenters. The van der Waals surface area contributed by atoms with Crippen LogP contribution in [0.2, 0.25) is 0 Å². The van der Waals surface area contributed by atoms with Gasteiger partial charge in [-0.1, -0.05) is 36.4 Å². The minimum absolute atomic E-state index is 0.0586. The number of ketones is 1. The molecule has 2 rings (SSSR count). The second-order valence-corrected chi connectivity index (χ2v) is 5.77. The molecule has 1 aliphatic rings. The number of hydrogen-bond acceptors (Lipinski definition) is 4.